The molecule has 38 heavy (non-hydrogen) atoms. The summed E-state index contributed by atoms with van der Waals surface area (Å²) < 4.78 is 40.4. The molecule has 1 aromatic carbocycles. The number of benzene rings is 1. The Balaban J connectivity index is 1.25. The van der Waals surface area contributed by atoms with Gasteiger partial charge in [0.1, 0.15) is 5.54 Å². The molecule has 3 aliphatic rings. The van der Waals surface area contributed by atoms with Crippen molar-refractivity contribution in [3.8, 4) is 6.07 Å². The van der Waals surface area contributed by atoms with E-state index in [4.69, 9.17) is 17.5 Å². The maximum Gasteiger partial charge on any atom is 0.417 e. The molecule has 3 fully saturated rings. The molecular formula is C27H34F3N5O2S. The van der Waals surface area contributed by atoms with Crippen molar-refractivity contribution in [3.63, 3.8) is 0 Å². The third kappa shape index (κ3) is 5.96. The summed E-state index contributed by atoms with van der Waals surface area (Å²) in [4.78, 5) is 32.7. The summed E-state index contributed by atoms with van der Waals surface area (Å²) in [5.41, 5.74) is -2.55. The number of alkyl halides is 3. The highest BCUT2D eigenvalue weighted by Gasteiger charge is 2.49. The zero-order chi connectivity index (χ0) is 27.7. The van der Waals surface area contributed by atoms with Crippen LogP contribution in [0.4, 0.5) is 18.9 Å². The monoisotopic (exact) mass is 549 g/mol. The lowest BCUT2D eigenvalue weighted by Crippen LogP contribution is -2.49. The highest BCUT2D eigenvalue weighted by Crippen LogP contribution is 2.38. The van der Waals surface area contributed by atoms with Crippen molar-refractivity contribution in [1.82, 2.24) is 14.7 Å². The fraction of sp³-hybridized carbons (Fsp3) is 0.630. The number of nitriles is 1. The van der Waals surface area contributed by atoms with Gasteiger partial charge in [-0.1, -0.05) is 12.8 Å². The number of nitrogens with zero attached hydrogens (tertiary/aromatic N) is 5. The van der Waals surface area contributed by atoms with E-state index in [2.05, 4.69) is 4.90 Å². The Bertz CT molecular complexity index is 1120. The summed E-state index contributed by atoms with van der Waals surface area (Å²) in [5, 5.41) is 9.25. The largest absolute Gasteiger partial charge is 0.417 e. The van der Waals surface area contributed by atoms with Crippen molar-refractivity contribution < 1.29 is 22.8 Å². The molecule has 206 valence electrons. The third-order valence-corrected chi connectivity index (χ3v) is 8.13. The van der Waals surface area contributed by atoms with E-state index in [1.165, 1.54) is 6.07 Å². The highest BCUT2D eigenvalue weighted by molar-refractivity contribution is 7.80. The molecule has 2 saturated heterocycles. The van der Waals surface area contributed by atoms with Gasteiger partial charge < -0.3 is 9.80 Å². The summed E-state index contributed by atoms with van der Waals surface area (Å²) in [5.74, 6) is 0.211. The van der Waals surface area contributed by atoms with Crippen LogP contribution in [-0.2, 0) is 15.8 Å². The Morgan fingerprint density at radius 1 is 1.08 bits per heavy atom. The van der Waals surface area contributed by atoms with Crippen molar-refractivity contribution in [2.24, 2.45) is 5.92 Å². The molecule has 0 radical (unpaired) electrons. The zero-order valence-corrected chi connectivity index (χ0v) is 22.7. The van der Waals surface area contributed by atoms with Crippen molar-refractivity contribution in [2.45, 2.75) is 64.1 Å². The number of amides is 2. The summed E-state index contributed by atoms with van der Waals surface area (Å²) >= 11 is 5.55. The molecule has 11 heteroatoms. The maximum atomic E-state index is 13.5. The number of piperazine rings is 1. The lowest BCUT2D eigenvalue weighted by atomic mass is 10.0. The van der Waals surface area contributed by atoms with Gasteiger partial charge in [-0.15, -0.1) is 0 Å². The predicted molar refractivity (Wildman–Crippen MR) is 141 cm³/mol. The van der Waals surface area contributed by atoms with E-state index < -0.39 is 22.8 Å². The number of hydrogen-bond acceptors (Lipinski definition) is 5. The molecule has 2 aliphatic heterocycles. The van der Waals surface area contributed by atoms with Crippen LogP contribution in [0.15, 0.2) is 18.2 Å². The average Bonchev–Trinajstić information content (AvgIpc) is 3.70. The van der Waals surface area contributed by atoms with E-state index in [1.54, 1.807) is 24.8 Å². The number of halogens is 3. The minimum atomic E-state index is -4.72. The van der Waals surface area contributed by atoms with E-state index in [1.807, 2.05) is 4.90 Å². The molecule has 0 N–H and O–H groups in total. The Labute approximate surface area is 227 Å². The topological polar surface area (TPSA) is 70.9 Å². The van der Waals surface area contributed by atoms with E-state index >= 15 is 0 Å². The maximum absolute atomic E-state index is 13.5. The Morgan fingerprint density at radius 2 is 1.71 bits per heavy atom. The molecule has 7 nitrogen and oxygen atoms in total. The van der Waals surface area contributed by atoms with Crippen LogP contribution in [-0.4, -0.2) is 76.4 Å². The first-order chi connectivity index (χ1) is 17.9. The van der Waals surface area contributed by atoms with Crippen LogP contribution in [0.1, 0.15) is 63.5 Å². The number of carbonyl (C=O) groups excluding carboxylic acids is 2. The summed E-state index contributed by atoms with van der Waals surface area (Å²) in [7, 11) is 0. The summed E-state index contributed by atoms with van der Waals surface area (Å²) in [6, 6.07) is 4.79. The second-order valence-corrected chi connectivity index (χ2v) is 11.2. The molecule has 0 aromatic heterocycles. The lowest BCUT2D eigenvalue weighted by molar-refractivity contribution is -0.138. The molecule has 0 bridgehead atoms. The van der Waals surface area contributed by atoms with Crippen molar-refractivity contribution in [2.75, 3.05) is 44.2 Å². The quantitative estimate of drug-likeness (QED) is 0.336. The first-order valence-corrected chi connectivity index (χ1v) is 13.6. The molecule has 1 aliphatic carbocycles. The normalized spacial score (nSPS) is 20.3. The Morgan fingerprint density at radius 3 is 2.29 bits per heavy atom. The number of unbranched alkanes of at least 4 members (excludes halogenated alkanes) is 3. The first kappa shape index (κ1) is 28.3. The molecule has 2 amide bonds. The second-order valence-electron chi connectivity index (χ2n) is 10.8. The van der Waals surface area contributed by atoms with Gasteiger partial charge in [0.25, 0.3) is 5.91 Å². The third-order valence-electron chi connectivity index (χ3n) is 7.73. The average molecular weight is 550 g/mol. The first-order valence-electron chi connectivity index (χ1n) is 13.2. The number of anilines is 1. The van der Waals surface area contributed by atoms with E-state index in [-0.39, 0.29) is 22.6 Å². The predicted octanol–water partition coefficient (Wildman–Crippen LogP) is 4.40. The lowest BCUT2D eigenvalue weighted by Gasteiger charge is -2.35. The van der Waals surface area contributed by atoms with Crippen molar-refractivity contribution in [3.05, 3.63) is 29.3 Å². The molecular weight excluding hydrogens is 515 g/mol. The zero-order valence-electron chi connectivity index (χ0n) is 21.9. The van der Waals surface area contributed by atoms with Crippen molar-refractivity contribution in [1.29, 1.82) is 5.26 Å². The van der Waals surface area contributed by atoms with Gasteiger partial charge in [0.15, 0.2) is 5.11 Å². The van der Waals surface area contributed by atoms with Crippen LogP contribution in [0.5, 0.6) is 0 Å². The van der Waals surface area contributed by atoms with Gasteiger partial charge in [0, 0.05) is 38.6 Å². The summed E-state index contributed by atoms with van der Waals surface area (Å²) in [6.07, 6.45) is 1.17. The summed E-state index contributed by atoms with van der Waals surface area (Å²) in [6.45, 7) is 8.42. The van der Waals surface area contributed by atoms with Gasteiger partial charge in [-0.3, -0.25) is 19.4 Å². The minimum Gasteiger partial charge on any atom is -0.340 e. The van der Waals surface area contributed by atoms with E-state index in [0.29, 0.717) is 12.5 Å². The van der Waals surface area contributed by atoms with E-state index in [0.717, 1.165) is 88.3 Å². The van der Waals surface area contributed by atoms with E-state index in [9.17, 15) is 22.8 Å². The molecule has 1 saturated carbocycles. The minimum absolute atomic E-state index is 0.0147. The highest BCUT2D eigenvalue weighted by atomic mass is 32.1. The molecule has 0 atom stereocenters. The van der Waals surface area contributed by atoms with Gasteiger partial charge in [-0.2, -0.15) is 18.4 Å². The Hall–Kier alpha value is -2.71. The van der Waals surface area contributed by atoms with Crippen LogP contribution in [0.3, 0.4) is 0 Å². The van der Waals surface area contributed by atoms with Gasteiger partial charge in [0.05, 0.1) is 22.9 Å². The number of hydrogen-bond donors (Lipinski definition) is 0. The van der Waals surface area contributed by atoms with Gasteiger partial charge in [-0.25, -0.2) is 0 Å². The van der Waals surface area contributed by atoms with Crippen LogP contribution >= 0.6 is 12.2 Å². The van der Waals surface area contributed by atoms with Crippen molar-refractivity contribution >= 4 is 34.8 Å². The number of carbonyl (C=O) groups is 2. The van der Waals surface area contributed by atoms with Crippen LogP contribution in [0, 0.1) is 17.2 Å². The Kier molecular flexibility index (Phi) is 8.33. The molecule has 2 heterocycles. The number of rotatable bonds is 9. The van der Waals surface area contributed by atoms with Gasteiger partial charge in [-0.05, 0) is 76.5 Å². The fourth-order valence-electron chi connectivity index (χ4n) is 5.18. The number of thiocarbonyl (C=S) groups is 1. The van der Waals surface area contributed by atoms with Crippen LogP contribution in [0.2, 0.25) is 0 Å². The molecule has 1 aromatic rings. The second kappa shape index (κ2) is 11.2. The smallest absolute Gasteiger partial charge is 0.340 e. The van der Waals surface area contributed by atoms with Crippen LogP contribution in [0.25, 0.3) is 0 Å². The molecule has 0 spiro atoms. The standard InChI is InChI=1S/C27H34F3N5O2S/c1-26(2)24(37)35(21-10-9-20(18-31)22(17-21)27(28,29)30)25(38)34(26)12-6-4-3-5-11-32-13-15-33(16-14-32)23(36)19-7-8-19/h9-10,17,19H,3-8,11-16H2,1-2H3. The fourth-order valence-corrected chi connectivity index (χ4v) is 5.69. The molecule has 0 unspecified atom stereocenters. The van der Waals surface area contributed by atoms with Gasteiger partial charge >= 0.3 is 6.18 Å². The van der Waals surface area contributed by atoms with Gasteiger partial charge in [0.2, 0.25) is 5.91 Å². The van der Waals surface area contributed by atoms with Crippen LogP contribution < -0.4 is 4.90 Å². The SMILES string of the molecule is CC1(C)C(=O)N(c2ccc(C#N)c(C(F)(F)F)c2)C(=S)N1CCCCCCN1CCN(C(=O)C2CC2)CC1. The molecule has 4 rings (SSSR count).